The van der Waals surface area contributed by atoms with Crippen LogP contribution in [-0.4, -0.2) is 41.9 Å². The fourth-order valence-electron chi connectivity index (χ4n) is 3.01. The van der Waals surface area contributed by atoms with Crippen molar-refractivity contribution in [3.05, 3.63) is 69.7 Å². The highest BCUT2D eigenvalue weighted by molar-refractivity contribution is 6.35. The van der Waals surface area contributed by atoms with E-state index in [4.69, 9.17) is 23.2 Å². The minimum absolute atomic E-state index is 0.0379. The van der Waals surface area contributed by atoms with Crippen LogP contribution in [0.2, 0.25) is 10.0 Å². The summed E-state index contributed by atoms with van der Waals surface area (Å²) in [5.41, 5.74) is 1.79. The molecule has 3 rings (SSSR count). The van der Waals surface area contributed by atoms with Gasteiger partial charge >= 0.3 is 0 Å². The summed E-state index contributed by atoms with van der Waals surface area (Å²) >= 11 is 12.2. The van der Waals surface area contributed by atoms with Crippen LogP contribution in [0.1, 0.15) is 22.3 Å². The minimum atomic E-state index is -0.0379. The maximum atomic E-state index is 12.8. The molecule has 0 N–H and O–H groups in total. The lowest BCUT2D eigenvalue weighted by atomic mass is 10.2. The fourth-order valence-corrected chi connectivity index (χ4v) is 3.38. The van der Waals surface area contributed by atoms with Crippen LogP contribution in [0, 0.1) is 0 Å². The SMILES string of the molecule is O=C(c1cc(Cl)ccc1Cl)N1CCCN(Cc2ccccc2)CC1. The third-order valence-corrected chi connectivity index (χ3v) is 4.85. The first-order valence-electron chi connectivity index (χ1n) is 8.14. The molecule has 1 fully saturated rings. The van der Waals surface area contributed by atoms with E-state index in [1.54, 1.807) is 18.2 Å². The van der Waals surface area contributed by atoms with Crippen LogP contribution < -0.4 is 0 Å². The molecule has 1 aliphatic rings. The molecule has 1 saturated heterocycles. The van der Waals surface area contributed by atoms with Crippen LogP contribution in [0.3, 0.4) is 0 Å². The monoisotopic (exact) mass is 362 g/mol. The Kier molecular flexibility index (Phi) is 5.77. The summed E-state index contributed by atoms with van der Waals surface area (Å²) in [4.78, 5) is 17.0. The van der Waals surface area contributed by atoms with Gasteiger partial charge in [-0.05, 0) is 30.2 Å². The highest BCUT2D eigenvalue weighted by Gasteiger charge is 2.22. The van der Waals surface area contributed by atoms with Crippen molar-refractivity contribution >= 4 is 29.1 Å². The van der Waals surface area contributed by atoms with Crippen molar-refractivity contribution < 1.29 is 4.79 Å². The third kappa shape index (κ3) is 4.29. The standard InChI is InChI=1S/C19H20Cl2N2O/c20-16-7-8-18(21)17(13-16)19(24)23-10-4-9-22(11-12-23)14-15-5-2-1-3-6-15/h1-3,5-8,13H,4,9-12,14H2. The number of nitrogens with zero attached hydrogens (tertiary/aromatic N) is 2. The van der Waals surface area contributed by atoms with Gasteiger partial charge in [0, 0.05) is 37.7 Å². The molecule has 2 aromatic carbocycles. The molecule has 0 unspecified atom stereocenters. The Morgan fingerprint density at radius 2 is 1.75 bits per heavy atom. The van der Waals surface area contributed by atoms with Crippen molar-refractivity contribution in [1.82, 2.24) is 9.80 Å². The van der Waals surface area contributed by atoms with E-state index < -0.39 is 0 Å². The molecule has 3 nitrogen and oxygen atoms in total. The van der Waals surface area contributed by atoms with Crippen LogP contribution >= 0.6 is 23.2 Å². The van der Waals surface area contributed by atoms with E-state index in [0.717, 1.165) is 32.6 Å². The van der Waals surface area contributed by atoms with Gasteiger partial charge in [-0.15, -0.1) is 0 Å². The number of benzene rings is 2. The number of amides is 1. The summed E-state index contributed by atoms with van der Waals surface area (Å²) < 4.78 is 0. The second-order valence-corrected chi connectivity index (χ2v) is 6.88. The second-order valence-electron chi connectivity index (χ2n) is 6.03. The van der Waals surface area contributed by atoms with Crippen LogP contribution in [-0.2, 0) is 6.54 Å². The molecule has 0 atom stereocenters. The molecule has 0 saturated carbocycles. The van der Waals surface area contributed by atoms with Crippen LogP contribution in [0.15, 0.2) is 48.5 Å². The van der Waals surface area contributed by atoms with Crippen LogP contribution in [0.5, 0.6) is 0 Å². The average Bonchev–Trinajstić information content (AvgIpc) is 2.83. The molecular weight excluding hydrogens is 343 g/mol. The number of carbonyl (C=O) groups excluding carboxylic acids is 1. The van der Waals surface area contributed by atoms with E-state index in [2.05, 4.69) is 29.2 Å². The molecule has 5 heteroatoms. The summed E-state index contributed by atoms with van der Waals surface area (Å²) in [5, 5.41) is 0.984. The molecular formula is C19H20Cl2N2O. The van der Waals surface area contributed by atoms with Crippen LogP contribution in [0.4, 0.5) is 0 Å². The van der Waals surface area contributed by atoms with Gasteiger partial charge in [0.1, 0.15) is 0 Å². The average molecular weight is 363 g/mol. The maximum absolute atomic E-state index is 12.8. The Balaban J connectivity index is 1.65. The fraction of sp³-hybridized carbons (Fsp3) is 0.316. The predicted octanol–water partition coefficient (Wildman–Crippen LogP) is 4.34. The molecule has 2 aromatic rings. The first-order chi connectivity index (χ1) is 11.6. The van der Waals surface area contributed by atoms with E-state index in [0.29, 0.717) is 22.2 Å². The zero-order valence-electron chi connectivity index (χ0n) is 13.4. The van der Waals surface area contributed by atoms with Crippen molar-refractivity contribution in [3.8, 4) is 0 Å². The van der Waals surface area contributed by atoms with Crippen molar-refractivity contribution in [2.24, 2.45) is 0 Å². The molecule has 0 bridgehead atoms. The Morgan fingerprint density at radius 1 is 0.958 bits per heavy atom. The molecule has 126 valence electrons. The van der Waals surface area contributed by atoms with E-state index in [-0.39, 0.29) is 5.91 Å². The summed E-state index contributed by atoms with van der Waals surface area (Å²) in [5.74, 6) is -0.0379. The van der Waals surface area contributed by atoms with Gasteiger partial charge in [0.2, 0.25) is 0 Å². The second kappa shape index (κ2) is 8.02. The Hall–Kier alpha value is -1.55. The number of hydrogen-bond acceptors (Lipinski definition) is 2. The van der Waals surface area contributed by atoms with E-state index in [1.807, 2.05) is 11.0 Å². The lowest BCUT2D eigenvalue weighted by Gasteiger charge is -2.22. The maximum Gasteiger partial charge on any atom is 0.255 e. The molecule has 24 heavy (non-hydrogen) atoms. The normalized spacial score (nSPS) is 16.0. The Morgan fingerprint density at radius 3 is 2.54 bits per heavy atom. The topological polar surface area (TPSA) is 23.6 Å². The van der Waals surface area contributed by atoms with Gasteiger partial charge in [-0.3, -0.25) is 9.69 Å². The number of halogens is 2. The quantitative estimate of drug-likeness (QED) is 0.810. The van der Waals surface area contributed by atoms with Crippen molar-refractivity contribution in [1.29, 1.82) is 0 Å². The largest absolute Gasteiger partial charge is 0.337 e. The predicted molar refractivity (Wildman–Crippen MR) is 98.7 cm³/mol. The molecule has 1 amide bonds. The van der Waals surface area contributed by atoms with Crippen molar-refractivity contribution in [3.63, 3.8) is 0 Å². The Labute approximate surface area is 152 Å². The minimum Gasteiger partial charge on any atom is -0.337 e. The van der Waals surface area contributed by atoms with Gasteiger partial charge in [-0.25, -0.2) is 0 Å². The van der Waals surface area contributed by atoms with Gasteiger partial charge in [-0.2, -0.15) is 0 Å². The number of hydrogen-bond donors (Lipinski definition) is 0. The molecule has 0 spiro atoms. The van der Waals surface area contributed by atoms with E-state index >= 15 is 0 Å². The van der Waals surface area contributed by atoms with Gasteiger partial charge < -0.3 is 4.90 Å². The van der Waals surface area contributed by atoms with Crippen molar-refractivity contribution in [2.75, 3.05) is 26.2 Å². The number of rotatable bonds is 3. The lowest BCUT2D eigenvalue weighted by Crippen LogP contribution is -2.35. The van der Waals surface area contributed by atoms with E-state index in [1.165, 1.54) is 5.56 Å². The molecule has 1 aliphatic heterocycles. The molecule has 0 radical (unpaired) electrons. The molecule has 0 aromatic heterocycles. The highest BCUT2D eigenvalue weighted by atomic mass is 35.5. The summed E-state index contributed by atoms with van der Waals surface area (Å²) in [6, 6.07) is 15.5. The summed E-state index contributed by atoms with van der Waals surface area (Å²) in [6.45, 7) is 4.21. The first-order valence-corrected chi connectivity index (χ1v) is 8.90. The summed E-state index contributed by atoms with van der Waals surface area (Å²) in [7, 11) is 0. The first kappa shape index (κ1) is 17.3. The highest BCUT2D eigenvalue weighted by Crippen LogP contribution is 2.23. The lowest BCUT2D eigenvalue weighted by molar-refractivity contribution is 0.0761. The van der Waals surface area contributed by atoms with Gasteiger partial charge in [0.15, 0.2) is 0 Å². The van der Waals surface area contributed by atoms with Crippen molar-refractivity contribution in [2.45, 2.75) is 13.0 Å². The third-order valence-electron chi connectivity index (χ3n) is 4.28. The zero-order chi connectivity index (χ0) is 16.9. The number of carbonyl (C=O) groups is 1. The zero-order valence-corrected chi connectivity index (χ0v) is 14.9. The van der Waals surface area contributed by atoms with E-state index in [9.17, 15) is 4.79 Å². The van der Waals surface area contributed by atoms with Crippen LogP contribution in [0.25, 0.3) is 0 Å². The van der Waals surface area contributed by atoms with Gasteiger partial charge in [-0.1, -0.05) is 53.5 Å². The van der Waals surface area contributed by atoms with Gasteiger partial charge in [0.05, 0.1) is 10.6 Å². The molecule has 1 heterocycles. The smallest absolute Gasteiger partial charge is 0.255 e. The summed E-state index contributed by atoms with van der Waals surface area (Å²) in [6.07, 6.45) is 0.955. The Bertz CT molecular complexity index is 706. The molecule has 0 aliphatic carbocycles. The van der Waals surface area contributed by atoms with Gasteiger partial charge in [0.25, 0.3) is 5.91 Å².